The maximum atomic E-state index is 11.6. The van der Waals surface area contributed by atoms with E-state index in [4.69, 9.17) is 15.6 Å². The monoisotopic (exact) mass is 295 g/mol. The normalized spacial score (nSPS) is 11.3. The van der Waals surface area contributed by atoms with Crippen molar-refractivity contribution in [1.29, 1.82) is 0 Å². The van der Waals surface area contributed by atoms with Crippen molar-refractivity contribution >= 4 is 18.0 Å². The Morgan fingerprint density at radius 3 is 2.48 bits per heavy atom. The van der Waals surface area contributed by atoms with Gasteiger partial charge in [0.2, 0.25) is 5.91 Å². The molecule has 0 aliphatic rings. The standard InChI is InChI=1S/C13H17N3O5/c14-6-10(12(19)15-7-11(17)18)16-13(20)21-8-9-4-2-1-3-5-9/h1-5,10H,6-8,14H2,(H,15,19)(H,16,20)(H,17,18)/t10-/m0/s1. The molecule has 1 rings (SSSR count). The molecule has 0 unspecified atom stereocenters. The summed E-state index contributed by atoms with van der Waals surface area (Å²) in [6.45, 7) is -0.664. The number of carboxylic acids is 1. The van der Waals surface area contributed by atoms with Crippen LogP contribution in [0.5, 0.6) is 0 Å². The van der Waals surface area contributed by atoms with Gasteiger partial charge in [0, 0.05) is 6.54 Å². The lowest BCUT2D eigenvalue weighted by Crippen LogP contribution is -2.51. The topological polar surface area (TPSA) is 131 Å². The van der Waals surface area contributed by atoms with Crippen LogP contribution in [0, 0.1) is 0 Å². The fourth-order valence-corrected chi connectivity index (χ4v) is 1.42. The van der Waals surface area contributed by atoms with Crippen LogP contribution in [0.3, 0.4) is 0 Å². The molecule has 8 heteroatoms. The van der Waals surface area contributed by atoms with Crippen LogP contribution in [0.2, 0.25) is 0 Å². The van der Waals surface area contributed by atoms with Gasteiger partial charge >= 0.3 is 12.1 Å². The first-order valence-corrected chi connectivity index (χ1v) is 6.19. The Bertz CT molecular complexity index is 492. The lowest BCUT2D eigenvalue weighted by atomic mass is 10.2. The number of nitrogens with one attached hydrogen (secondary N) is 2. The SMILES string of the molecule is NC[C@H](NC(=O)OCc1ccccc1)C(=O)NCC(=O)O. The Kier molecular flexibility index (Phi) is 6.69. The first-order chi connectivity index (χ1) is 10.0. The summed E-state index contributed by atoms with van der Waals surface area (Å²) in [5, 5.41) is 12.8. The lowest BCUT2D eigenvalue weighted by Gasteiger charge is -2.15. The quantitative estimate of drug-likeness (QED) is 0.533. The van der Waals surface area contributed by atoms with Crippen molar-refractivity contribution in [2.24, 2.45) is 5.73 Å². The number of carbonyl (C=O) groups is 3. The van der Waals surface area contributed by atoms with Crippen molar-refractivity contribution in [3.05, 3.63) is 35.9 Å². The molecular weight excluding hydrogens is 278 g/mol. The molecule has 2 amide bonds. The van der Waals surface area contributed by atoms with E-state index >= 15 is 0 Å². The lowest BCUT2D eigenvalue weighted by molar-refractivity contribution is -0.138. The van der Waals surface area contributed by atoms with E-state index in [1.807, 2.05) is 6.07 Å². The molecule has 0 heterocycles. The molecule has 8 nitrogen and oxygen atoms in total. The van der Waals surface area contributed by atoms with Gasteiger partial charge in [-0.2, -0.15) is 0 Å². The summed E-state index contributed by atoms with van der Waals surface area (Å²) in [5.41, 5.74) is 6.16. The highest BCUT2D eigenvalue weighted by molar-refractivity contribution is 5.88. The molecule has 21 heavy (non-hydrogen) atoms. The minimum Gasteiger partial charge on any atom is -0.480 e. The zero-order valence-corrected chi connectivity index (χ0v) is 11.2. The van der Waals surface area contributed by atoms with Crippen LogP contribution in [0.4, 0.5) is 4.79 Å². The Morgan fingerprint density at radius 2 is 1.90 bits per heavy atom. The number of amides is 2. The van der Waals surface area contributed by atoms with Crippen LogP contribution in [-0.4, -0.2) is 42.2 Å². The van der Waals surface area contributed by atoms with Crippen LogP contribution in [0.25, 0.3) is 0 Å². The van der Waals surface area contributed by atoms with Crippen molar-refractivity contribution in [3.8, 4) is 0 Å². The molecule has 0 bridgehead atoms. The van der Waals surface area contributed by atoms with Crippen molar-refractivity contribution < 1.29 is 24.2 Å². The third-order valence-corrected chi connectivity index (χ3v) is 2.47. The van der Waals surface area contributed by atoms with Gasteiger partial charge < -0.3 is 26.2 Å². The van der Waals surface area contributed by atoms with Gasteiger partial charge in [0.15, 0.2) is 0 Å². The van der Waals surface area contributed by atoms with E-state index in [-0.39, 0.29) is 13.2 Å². The van der Waals surface area contributed by atoms with Crippen molar-refractivity contribution in [3.63, 3.8) is 0 Å². The number of rotatable bonds is 7. The molecule has 0 spiro atoms. The molecule has 0 aliphatic heterocycles. The van der Waals surface area contributed by atoms with Crippen molar-refractivity contribution in [2.45, 2.75) is 12.6 Å². The van der Waals surface area contributed by atoms with Crippen LogP contribution in [0.1, 0.15) is 5.56 Å². The second-order valence-electron chi connectivity index (χ2n) is 4.11. The minimum atomic E-state index is -1.19. The van der Waals surface area contributed by atoms with Crippen LogP contribution >= 0.6 is 0 Å². The van der Waals surface area contributed by atoms with Gasteiger partial charge in [0.1, 0.15) is 19.2 Å². The number of nitrogens with two attached hydrogens (primary N) is 1. The molecule has 0 saturated carbocycles. The highest BCUT2D eigenvalue weighted by Gasteiger charge is 2.20. The third kappa shape index (κ3) is 6.39. The van der Waals surface area contributed by atoms with E-state index in [0.29, 0.717) is 0 Å². The van der Waals surface area contributed by atoms with E-state index in [1.54, 1.807) is 24.3 Å². The van der Waals surface area contributed by atoms with E-state index in [1.165, 1.54) is 0 Å². The van der Waals surface area contributed by atoms with Gasteiger partial charge in [-0.25, -0.2) is 4.79 Å². The molecule has 5 N–H and O–H groups in total. The van der Waals surface area contributed by atoms with Gasteiger partial charge in [-0.1, -0.05) is 30.3 Å². The number of carbonyl (C=O) groups excluding carboxylic acids is 2. The summed E-state index contributed by atoms with van der Waals surface area (Å²) in [6.07, 6.45) is -0.806. The predicted molar refractivity (Wildman–Crippen MR) is 73.3 cm³/mol. The van der Waals surface area contributed by atoms with E-state index in [9.17, 15) is 14.4 Å². The average molecular weight is 295 g/mol. The highest BCUT2D eigenvalue weighted by atomic mass is 16.5. The summed E-state index contributed by atoms with van der Waals surface area (Å²) >= 11 is 0. The molecule has 0 aliphatic carbocycles. The predicted octanol–water partition coefficient (Wildman–Crippen LogP) is -0.559. The second-order valence-corrected chi connectivity index (χ2v) is 4.11. The fraction of sp³-hybridized carbons (Fsp3) is 0.308. The first kappa shape index (κ1) is 16.4. The molecule has 0 radical (unpaired) electrons. The van der Waals surface area contributed by atoms with Crippen molar-refractivity contribution in [1.82, 2.24) is 10.6 Å². The van der Waals surface area contributed by atoms with Gasteiger partial charge in [-0.15, -0.1) is 0 Å². The number of alkyl carbamates (subject to hydrolysis) is 1. The number of ether oxygens (including phenoxy) is 1. The van der Waals surface area contributed by atoms with Gasteiger partial charge in [-0.05, 0) is 5.56 Å². The number of hydrogen-bond acceptors (Lipinski definition) is 5. The average Bonchev–Trinajstić information content (AvgIpc) is 2.49. The molecule has 0 aromatic heterocycles. The van der Waals surface area contributed by atoms with Gasteiger partial charge in [0.05, 0.1) is 0 Å². The second kappa shape index (κ2) is 8.54. The Labute approximate surface area is 121 Å². The van der Waals surface area contributed by atoms with Gasteiger partial charge in [0.25, 0.3) is 0 Å². The molecule has 114 valence electrons. The van der Waals surface area contributed by atoms with E-state index in [2.05, 4.69) is 10.6 Å². The van der Waals surface area contributed by atoms with E-state index < -0.39 is 30.6 Å². The zero-order valence-electron chi connectivity index (χ0n) is 11.2. The summed E-state index contributed by atoms with van der Waals surface area (Å²) in [6, 6.07) is 7.96. The van der Waals surface area contributed by atoms with Crippen LogP contribution in [-0.2, 0) is 20.9 Å². The minimum absolute atomic E-state index is 0.0563. The Morgan fingerprint density at radius 1 is 1.24 bits per heavy atom. The van der Waals surface area contributed by atoms with Crippen LogP contribution < -0.4 is 16.4 Å². The maximum absolute atomic E-state index is 11.6. The largest absolute Gasteiger partial charge is 0.480 e. The zero-order chi connectivity index (χ0) is 15.7. The summed E-state index contributed by atoms with van der Waals surface area (Å²) in [4.78, 5) is 33.4. The smallest absolute Gasteiger partial charge is 0.408 e. The number of hydrogen-bond donors (Lipinski definition) is 4. The highest BCUT2D eigenvalue weighted by Crippen LogP contribution is 2.00. The fourth-order valence-electron chi connectivity index (χ4n) is 1.42. The third-order valence-electron chi connectivity index (χ3n) is 2.47. The summed E-state index contributed by atoms with van der Waals surface area (Å²) in [5.74, 6) is -1.87. The molecule has 1 aromatic rings. The molecule has 0 fully saturated rings. The summed E-state index contributed by atoms with van der Waals surface area (Å²) in [7, 11) is 0. The number of benzene rings is 1. The molecular formula is C13H17N3O5. The molecule has 1 aromatic carbocycles. The van der Waals surface area contributed by atoms with E-state index in [0.717, 1.165) is 5.56 Å². The number of carboxylic acid groups (broad SMARTS) is 1. The van der Waals surface area contributed by atoms with Gasteiger partial charge in [-0.3, -0.25) is 9.59 Å². The first-order valence-electron chi connectivity index (χ1n) is 6.19. The molecule has 0 saturated heterocycles. The Hall–Kier alpha value is -2.61. The Balaban J connectivity index is 2.40. The maximum Gasteiger partial charge on any atom is 0.408 e. The van der Waals surface area contributed by atoms with Crippen LogP contribution in [0.15, 0.2) is 30.3 Å². The summed E-state index contributed by atoms with van der Waals surface area (Å²) < 4.78 is 4.93. The molecule has 1 atom stereocenters. The number of aliphatic carboxylic acids is 1. The van der Waals surface area contributed by atoms with Crippen molar-refractivity contribution in [2.75, 3.05) is 13.1 Å².